The molecule has 1 aromatic rings. The van der Waals surface area contributed by atoms with Crippen LogP contribution in [0.4, 0.5) is 13.6 Å². The quantitative estimate of drug-likeness (QED) is 0.909. The van der Waals surface area contributed by atoms with E-state index < -0.39 is 25.1 Å². The SMILES string of the molecule is C[C@@H](CNC(=O)N1CCOCC(F)(F)C1)Cn1cccn1. The minimum absolute atomic E-state index is 0.131. The van der Waals surface area contributed by atoms with Gasteiger partial charge >= 0.3 is 6.03 Å². The molecule has 21 heavy (non-hydrogen) atoms. The molecule has 1 aliphatic heterocycles. The van der Waals surface area contributed by atoms with Crippen molar-refractivity contribution in [3.05, 3.63) is 18.5 Å². The second-order valence-electron chi connectivity index (χ2n) is 5.35. The van der Waals surface area contributed by atoms with Gasteiger partial charge in [0, 0.05) is 32.0 Å². The second kappa shape index (κ2) is 6.84. The summed E-state index contributed by atoms with van der Waals surface area (Å²) in [5, 5.41) is 6.77. The van der Waals surface area contributed by atoms with Gasteiger partial charge in [0.1, 0.15) is 6.61 Å². The highest BCUT2D eigenvalue weighted by molar-refractivity contribution is 5.74. The molecule has 0 aromatic carbocycles. The minimum atomic E-state index is -2.99. The number of hydrogen-bond acceptors (Lipinski definition) is 3. The molecular formula is C13H20F2N4O2. The zero-order chi connectivity index (χ0) is 15.3. The van der Waals surface area contributed by atoms with Crippen molar-refractivity contribution in [1.29, 1.82) is 0 Å². The molecule has 1 aliphatic rings. The van der Waals surface area contributed by atoms with Crippen LogP contribution in [0, 0.1) is 5.92 Å². The molecule has 1 fully saturated rings. The number of carbonyl (C=O) groups excluding carboxylic acids is 1. The number of carbonyl (C=O) groups is 1. The van der Waals surface area contributed by atoms with Crippen LogP contribution < -0.4 is 5.32 Å². The Bertz CT molecular complexity index is 453. The van der Waals surface area contributed by atoms with Gasteiger partial charge in [0.15, 0.2) is 0 Å². The molecule has 6 nitrogen and oxygen atoms in total. The lowest BCUT2D eigenvalue weighted by molar-refractivity contribution is -0.0652. The molecule has 0 spiro atoms. The lowest BCUT2D eigenvalue weighted by Crippen LogP contribution is -2.47. The summed E-state index contributed by atoms with van der Waals surface area (Å²) in [4.78, 5) is 13.1. The van der Waals surface area contributed by atoms with Gasteiger partial charge in [-0.05, 0) is 12.0 Å². The van der Waals surface area contributed by atoms with Crippen LogP contribution in [0.5, 0.6) is 0 Å². The third-order valence-corrected chi connectivity index (χ3v) is 3.19. The Morgan fingerprint density at radius 2 is 2.38 bits per heavy atom. The number of nitrogens with zero attached hydrogens (tertiary/aromatic N) is 3. The molecule has 0 saturated carbocycles. The number of urea groups is 1. The number of nitrogens with one attached hydrogen (secondary N) is 1. The van der Waals surface area contributed by atoms with Crippen LogP contribution in [0.2, 0.25) is 0 Å². The fourth-order valence-corrected chi connectivity index (χ4v) is 2.14. The highest BCUT2D eigenvalue weighted by Crippen LogP contribution is 2.18. The summed E-state index contributed by atoms with van der Waals surface area (Å²) in [6.45, 7) is 2.09. The van der Waals surface area contributed by atoms with Crippen molar-refractivity contribution in [2.75, 3.05) is 32.8 Å². The summed E-state index contributed by atoms with van der Waals surface area (Å²) in [5.41, 5.74) is 0. The van der Waals surface area contributed by atoms with Crippen LogP contribution in [-0.4, -0.2) is 59.5 Å². The van der Waals surface area contributed by atoms with Crippen molar-refractivity contribution in [3.8, 4) is 0 Å². The van der Waals surface area contributed by atoms with E-state index in [1.807, 2.05) is 19.2 Å². The number of halogens is 2. The van der Waals surface area contributed by atoms with E-state index in [0.717, 1.165) is 4.90 Å². The van der Waals surface area contributed by atoms with E-state index in [2.05, 4.69) is 10.4 Å². The summed E-state index contributed by atoms with van der Waals surface area (Å²) in [5.74, 6) is -2.84. The molecule has 2 rings (SSSR count). The smallest absolute Gasteiger partial charge is 0.317 e. The molecule has 118 valence electrons. The van der Waals surface area contributed by atoms with E-state index in [0.29, 0.717) is 13.1 Å². The molecule has 0 aliphatic carbocycles. The fourth-order valence-electron chi connectivity index (χ4n) is 2.14. The van der Waals surface area contributed by atoms with Crippen molar-refractivity contribution >= 4 is 6.03 Å². The van der Waals surface area contributed by atoms with Gasteiger partial charge in [0.25, 0.3) is 5.92 Å². The number of aromatic nitrogens is 2. The maximum atomic E-state index is 13.4. The molecule has 0 unspecified atom stereocenters. The molecule has 0 bridgehead atoms. The largest absolute Gasteiger partial charge is 0.373 e. The first-order valence-electron chi connectivity index (χ1n) is 6.92. The molecule has 0 radical (unpaired) electrons. The Hall–Kier alpha value is -1.70. The lowest BCUT2D eigenvalue weighted by Gasteiger charge is -2.24. The first-order chi connectivity index (χ1) is 9.96. The van der Waals surface area contributed by atoms with Crippen LogP contribution in [-0.2, 0) is 11.3 Å². The molecule has 2 heterocycles. The summed E-state index contributed by atoms with van der Waals surface area (Å²) in [7, 11) is 0. The molecule has 1 N–H and O–H groups in total. The standard InChI is InChI=1S/C13H20F2N4O2/c1-11(8-19-4-2-3-17-19)7-16-12(20)18-5-6-21-10-13(14,15)9-18/h2-4,11H,5-10H2,1H3,(H,16,20)/t11-/m0/s1. The zero-order valence-corrected chi connectivity index (χ0v) is 12.0. The predicted molar refractivity (Wildman–Crippen MR) is 72.1 cm³/mol. The summed E-state index contributed by atoms with van der Waals surface area (Å²) < 4.78 is 33.3. The topological polar surface area (TPSA) is 59.4 Å². The summed E-state index contributed by atoms with van der Waals surface area (Å²) in [6.07, 6.45) is 3.52. The van der Waals surface area contributed by atoms with Crippen molar-refractivity contribution in [3.63, 3.8) is 0 Å². The molecule has 1 atom stereocenters. The van der Waals surface area contributed by atoms with Gasteiger partial charge in [-0.15, -0.1) is 0 Å². The Morgan fingerprint density at radius 3 is 3.10 bits per heavy atom. The van der Waals surface area contributed by atoms with Crippen molar-refractivity contribution in [1.82, 2.24) is 20.0 Å². The fraction of sp³-hybridized carbons (Fsp3) is 0.692. The van der Waals surface area contributed by atoms with Gasteiger partial charge < -0.3 is 15.0 Å². The molecule has 1 saturated heterocycles. The number of rotatable bonds is 4. The van der Waals surface area contributed by atoms with E-state index >= 15 is 0 Å². The van der Waals surface area contributed by atoms with Crippen LogP contribution in [0.1, 0.15) is 6.92 Å². The highest BCUT2D eigenvalue weighted by atomic mass is 19.3. The number of amides is 2. The summed E-state index contributed by atoms with van der Waals surface area (Å²) >= 11 is 0. The number of alkyl halides is 2. The Kier molecular flexibility index (Phi) is 5.11. The number of hydrogen-bond donors (Lipinski definition) is 1. The van der Waals surface area contributed by atoms with Crippen molar-refractivity contribution in [2.24, 2.45) is 5.92 Å². The van der Waals surface area contributed by atoms with E-state index in [9.17, 15) is 13.6 Å². The summed E-state index contributed by atoms with van der Waals surface area (Å²) in [6, 6.07) is 1.34. The zero-order valence-electron chi connectivity index (χ0n) is 12.0. The Balaban J connectivity index is 1.78. The van der Waals surface area contributed by atoms with Gasteiger partial charge in [-0.1, -0.05) is 6.92 Å². The van der Waals surface area contributed by atoms with E-state index in [4.69, 9.17) is 4.74 Å². The maximum absolute atomic E-state index is 13.4. The Labute approximate surface area is 122 Å². The van der Waals surface area contributed by atoms with Gasteiger partial charge in [0.05, 0.1) is 13.2 Å². The third kappa shape index (κ3) is 4.96. The van der Waals surface area contributed by atoms with Gasteiger partial charge in [-0.2, -0.15) is 5.10 Å². The Morgan fingerprint density at radius 1 is 1.57 bits per heavy atom. The van der Waals surface area contributed by atoms with Crippen LogP contribution in [0.3, 0.4) is 0 Å². The van der Waals surface area contributed by atoms with Gasteiger partial charge in [-0.3, -0.25) is 4.68 Å². The number of ether oxygens (including phenoxy) is 1. The van der Waals surface area contributed by atoms with Gasteiger partial charge in [0.2, 0.25) is 0 Å². The second-order valence-corrected chi connectivity index (χ2v) is 5.35. The van der Waals surface area contributed by atoms with Crippen molar-refractivity contribution < 1.29 is 18.3 Å². The molecule has 1 aromatic heterocycles. The monoisotopic (exact) mass is 302 g/mol. The average Bonchev–Trinajstić information content (AvgIpc) is 2.85. The van der Waals surface area contributed by atoms with Crippen LogP contribution in [0.15, 0.2) is 18.5 Å². The van der Waals surface area contributed by atoms with Crippen molar-refractivity contribution in [2.45, 2.75) is 19.4 Å². The highest BCUT2D eigenvalue weighted by Gasteiger charge is 2.36. The van der Waals surface area contributed by atoms with Crippen LogP contribution >= 0.6 is 0 Å². The molecular weight excluding hydrogens is 282 g/mol. The van der Waals surface area contributed by atoms with E-state index in [1.54, 1.807) is 10.9 Å². The first kappa shape index (κ1) is 15.7. The normalized spacial score (nSPS) is 19.9. The lowest BCUT2D eigenvalue weighted by atomic mass is 10.2. The van der Waals surface area contributed by atoms with Crippen LogP contribution in [0.25, 0.3) is 0 Å². The minimum Gasteiger partial charge on any atom is -0.373 e. The van der Waals surface area contributed by atoms with Gasteiger partial charge in [-0.25, -0.2) is 13.6 Å². The molecule has 2 amide bonds. The molecule has 8 heteroatoms. The maximum Gasteiger partial charge on any atom is 0.317 e. The first-order valence-corrected chi connectivity index (χ1v) is 6.92. The average molecular weight is 302 g/mol. The third-order valence-electron chi connectivity index (χ3n) is 3.19. The predicted octanol–water partition coefficient (Wildman–Crippen LogP) is 1.20. The van der Waals surface area contributed by atoms with E-state index in [-0.39, 0.29) is 19.1 Å². The van der Waals surface area contributed by atoms with E-state index in [1.165, 1.54) is 0 Å².